The van der Waals surface area contributed by atoms with E-state index in [-0.39, 0.29) is 12.4 Å². The van der Waals surface area contributed by atoms with Crippen LogP contribution in [-0.4, -0.2) is 88.6 Å². The Balaban J connectivity index is -0.000000661. The van der Waals surface area contributed by atoms with Gasteiger partial charge in [-0.1, -0.05) is 203 Å². The molecule has 6 nitrogen and oxygen atoms in total. The summed E-state index contributed by atoms with van der Waals surface area (Å²) in [7, 11) is 8.43. The monoisotopic (exact) mass is 1000 g/mol. The first-order chi connectivity index (χ1) is 33.9. The zero-order valence-corrected chi connectivity index (χ0v) is 48.9. The molecule has 0 aromatic rings. The first-order valence-electron chi connectivity index (χ1n) is 29.7. The molecule has 70 heavy (non-hydrogen) atoms. The smallest absolute Gasteiger partial charge is 0.119 e. The quantitative estimate of drug-likeness (QED) is 0.0274. The summed E-state index contributed by atoms with van der Waals surface area (Å²) < 4.78 is 0. The highest BCUT2D eigenvalue weighted by Gasteiger charge is 2.05. The molecule has 7 heteroatoms. The van der Waals surface area contributed by atoms with Gasteiger partial charge in [0.15, 0.2) is 0 Å². The van der Waals surface area contributed by atoms with Gasteiger partial charge in [-0.05, 0) is 163 Å². The Morgan fingerprint density at radius 2 is 0.629 bits per heavy atom. The molecule has 0 aromatic heterocycles. The van der Waals surface area contributed by atoms with Crippen LogP contribution in [0.2, 0.25) is 0 Å². The summed E-state index contributed by atoms with van der Waals surface area (Å²) in [4.78, 5) is 14.5. The van der Waals surface area contributed by atoms with Crippen molar-refractivity contribution in [1.82, 2.24) is 20.2 Å². The van der Waals surface area contributed by atoms with Gasteiger partial charge >= 0.3 is 0 Å². The fourth-order valence-electron chi connectivity index (χ4n) is 7.73. The van der Waals surface area contributed by atoms with E-state index in [4.69, 9.17) is 5.73 Å². The van der Waals surface area contributed by atoms with Gasteiger partial charge in [0.1, 0.15) is 6.29 Å². The molecule has 0 rings (SSSR count). The van der Waals surface area contributed by atoms with Gasteiger partial charge in [0.25, 0.3) is 0 Å². The lowest BCUT2D eigenvalue weighted by Crippen LogP contribution is -3.00. The van der Waals surface area contributed by atoms with Gasteiger partial charge in [-0.25, -0.2) is 5.01 Å². The van der Waals surface area contributed by atoms with Crippen LogP contribution in [0, 0.1) is 0 Å². The number of carbonyl (C=O) groups excluding carboxylic acids is 1. The van der Waals surface area contributed by atoms with Crippen molar-refractivity contribution in [3.8, 4) is 0 Å². The zero-order valence-electron chi connectivity index (χ0n) is 48.1. The average Bonchev–Trinajstić information content (AvgIpc) is 3.34. The van der Waals surface area contributed by atoms with Crippen molar-refractivity contribution in [2.24, 2.45) is 5.73 Å². The highest BCUT2D eigenvalue weighted by molar-refractivity contribution is 5.48. The number of nitrogens with two attached hydrogens (primary N) is 1. The molecule has 0 aliphatic carbocycles. The standard InChI is InChI=1S/C40H77N3.C18H32O.C5H14N2.ClH/c1-5-7-9-11-13-15-17-19-21-23-25-27-29-31-33-35-38-43(41-37-40-42(3)4)39-36-34-32-30-28-26-24-22-20-18-16-14-12-10-8-6-2;1-2-3-4-5-6-7-8-9-10-11-12-13-14-15-16-17-18-19;1-7(2)5-3-4-6;/h13-16,19-22,41H,5-12,17-18,23-40H2,1-4H3;6-7,9-10,18H,2-5,8,11-17H2,1H3;3-6H2,1-2H3;1H/p-1/b15-13-,16-14-,21-19-,22-20-;7-6-,10-9-;;. The fourth-order valence-corrected chi connectivity index (χ4v) is 7.73. The number of hydrogen-bond acceptors (Lipinski definition) is 6. The number of allylic oxidation sites excluding steroid dienone is 12. The largest absolute Gasteiger partial charge is 1.00 e. The van der Waals surface area contributed by atoms with Crippen LogP contribution in [0.1, 0.15) is 258 Å². The highest BCUT2D eigenvalue weighted by atomic mass is 35.5. The number of unbranched alkanes of at least 4 members (excludes halogenated alkanes) is 27. The maximum atomic E-state index is 10.1. The molecule has 0 saturated carbocycles. The number of aldehydes is 1. The summed E-state index contributed by atoms with van der Waals surface area (Å²) in [5.41, 5.74) is 8.97. The molecule has 0 amide bonds. The number of hydrazine groups is 1. The van der Waals surface area contributed by atoms with Gasteiger partial charge in [0, 0.05) is 32.6 Å². The lowest BCUT2D eigenvalue weighted by atomic mass is 10.1. The summed E-state index contributed by atoms with van der Waals surface area (Å²) in [6.07, 6.45) is 76.3. The van der Waals surface area contributed by atoms with Gasteiger partial charge in [0.05, 0.1) is 0 Å². The predicted molar refractivity (Wildman–Crippen MR) is 314 cm³/mol. The molecule has 0 unspecified atom stereocenters. The second-order valence-electron chi connectivity index (χ2n) is 20.0. The van der Waals surface area contributed by atoms with Crippen molar-refractivity contribution in [1.29, 1.82) is 0 Å². The third kappa shape index (κ3) is 77.7. The van der Waals surface area contributed by atoms with Gasteiger partial charge in [-0.15, -0.1) is 0 Å². The molecule has 0 aromatic carbocycles. The second kappa shape index (κ2) is 71.5. The van der Waals surface area contributed by atoms with Gasteiger partial charge in [0.2, 0.25) is 0 Å². The van der Waals surface area contributed by atoms with E-state index in [1.165, 1.54) is 212 Å². The first kappa shape index (κ1) is 74.7. The molecule has 0 bridgehead atoms. The van der Waals surface area contributed by atoms with Gasteiger partial charge in [-0.2, -0.15) is 0 Å². The Morgan fingerprint density at radius 3 is 0.900 bits per heavy atom. The minimum absolute atomic E-state index is 0. The first-order valence-corrected chi connectivity index (χ1v) is 29.7. The Bertz CT molecular complexity index is 1070. The number of hydrogen-bond donors (Lipinski definition) is 2. The van der Waals surface area contributed by atoms with Crippen LogP contribution in [0.4, 0.5) is 0 Å². The van der Waals surface area contributed by atoms with E-state index in [2.05, 4.69) is 142 Å². The van der Waals surface area contributed by atoms with E-state index in [9.17, 15) is 4.79 Å². The van der Waals surface area contributed by atoms with Crippen molar-refractivity contribution in [2.45, 2.75) is 258 Å². The van der Waals surface area contributed by atoms with Crippen LogP contribution in [0.15, 0.2) is 72.9 Å². The normalized spacial score (nSPS) is 11.9. The lowest BCUT2D eigenvalue weighted by Gasteiger charge is -2.24. The van der Waals surface area contributed by atoms with Crippen molar-refractivity contribution in [3.63, 3.8) is 0 Å². The summed E-state index contributed by atoms with van der Waals surface area (Å²) >= 11 is 0. The van der Waals surface area contributed by atoms with E-state index in [0.717, 1.165) is 71.0 Å². The van der Waals surface area contributed by atoms with Crippen LogP contribution in [0.5, 0.6) is 0 Å². The highest BCUT2D eigenvalue weighted by Crippen LogP contribution is 2.12. The average molecular weight is 1000 g/mol. The van der Waals surface area contributed by atoms with Crippen molar-refractivity contribution in [3.05, 3.63) is 72.9 Å². The number of likely N-dealkylation sites (N-methyl/N-ethyl adjacent to an activating group) is 1. The van der Waals surface area contributed by atoms with Crippen LogP contribution < -0.4 is 23.6 Å². The molecule has 0 aliphatic heterocycles. The summed E-state index contributed by atoms with van der Waals surface area (Å²) in [5.74, 6) is 0. The van der Waals surface area contributed by atoms with Gasteiger partial charge < -0.3 is 32.7 Å². The second-order valence-corrected chi connectivity index (χ2v) is 20.0. The summed E-state index contributed by atoms with van der Waals surface area (Å²) in [6.45, 7) is 13.2. The van der Waals surface area contributed by atoms with Crippen LogP contribution >= 0.6 is 0 Å². The lowest BCUT2D eigenvalue weighted by molar-refractivity contribution is -0.107. The van der Waals surface area contributed by atoms with E-state index in [1.54, 1.807) is 0 Å². The molecule has 0 saturated heterocycles. The molecule has 0 heterocycles. The number of halogens is 1. The van der Waals surface area contributed by atoms with Crippen molar-refractivity contribution < 1.29 is 17.2 Å². The van der Waals surface area contributed by atoms with Gasteiger partial charge in [-0.3, -0.25) is 5.43 Å². The van der Waals surface area contributed by atoms with Crippen LogP contribution in [-0.2, 0) is 4.79 Å². The van der Waals surface area contributed by atoms with E-state index < -0.39 is 0 Å². The third-order valence-electron chi connectivity index (χ3n) is 12.2. The van der Waals surface area contributed by atoms with Crippen molar-refractivity contribution >= 4 is 6.29 Å². The third-order valence-corrected chi connectivity index (χ3v) is 12.2. The molecule has 0 fully saturated rings. The molecular weight excluding hydrogens is 878 g/mol. The van der Waals surface area contributed by atoms with Crippen molar-refractivity contribution in [2.75, 3.05) is 67.5 Å². The predicted octanol–water partition coefficient (Wildman–Crippen LogP) is 14.9. The minimum atomic E-state index is 0. The van der Waals surface area contributed by atoms with E-state index >= 15 is 0 Å². The molecule has 3 N–H and O–H groups in total. The van der Waals surface area contributed by atoms with Crippen LogP contribution in [0.25, 0.3) is 0 Å². The maximum absolute atomic E-state index is 10.1. The van der Waals surface area contributed by atoms with E-state index in [1.807, 2.05) is 0 Å². The SMILES string of the molecule is CCCCC/C=C\C/C=C\CCCCCCCC=O.CCCCC/C=C\C/C=C\CCCCCCCCN(CCCCCCCC/C=C\C/C=C\CCCCC)NCCN(C)C.CN(C)CCCN.[Cl-]. The zero-order chi connectivity index (χ0) is 51.0. The number of rotatable bonds is 51. The number of carbonyl (C=O) groups is 1. The molecule has 414 valence electrons. The summed E-state index contributed by atoms with van der Waals surface area (Å²) in [5, 5.41) is 2.52. The summed E-state index contributed by atoms with van der Waals surface area (Å²) in [6, 6.07) is 0. The minimum Gasteiger partial charge on any atom is -1.00 e. The molecule has 0 aliphatic rings. The molecule has 0 radical (unpaired) electrons. The molecule has 0 spiro atoms. The Morgan fingerprint density at radius 1 is 0.343 bits per heavy atom. The number of nitrogens with one attached hydrogen (secondary N) is 1. The number of nitrogens with zero attached hydrogens (tertiary/aromatic N) is 3. The van der Waals surface area contributed by atoms with Crippen LogP contribution in [0.3, 0.4) is 0 Å². The fraction of sp³-hybridized carbons (Fsp3) is 0.794. The maximum Gasteiger partial charge on any atom is 0.119 e. The Kier molecular flexibility index (Phi) is 76.3. The molecular formula is C63H123ClN5O-. The topological polar surface area (TPSA) is 64.8 Å². The van der Waals surface area contributed by atoms with E-state index in [0.29, 0.717) is 0 Å². The Hall–Kier alpha value is -1.80. The molecule has 0 atom stereocenters. The Labute approximate surface area is 446 Å².